The third-order valence-electron chi connectivity index (χ3n) is 3.37. The SMILES string of the molecule is CCCN(C)CCCC(CC)(CO)NC(C)C. The van der Waals surface area contributed by atoms with Gasteiger partial charge < -0.3 is 15.3 Å². The summed E-state index contributed by atoms with van der Waals surface area (Å²) in [5, 5.41) is 13.1. The monoisotopic (exact) mass is 244 g/mol. The van der Waals surface area contributed by atoms with E-state index in [4.69, 9.17) is 0 Å². The van der Waals surface area contributed by atoms with E-state index in [1.165, 1.54) is 6.42 Å². The molecule has 3 nitrogen and oxygen atoms in total. The third-order valence-corrected chi connectivity index (χ3v) is 3.37. The summed E-state index contributed by atoms with van der Waals surface area (Å²) in [5.41, 5.74) is -0.0821. The number of nitrogens with zero attached hydrogens (tertiary/aromatic N) is 1. The van der Waals surface area contributed by atoms with Crippen LogP contribution in [0.1, 0.15) is 53.4 Å². The largest absolute Gasteiger partial charge is 0.394 e. The van der Waals surface area contributed by atoms with E-state index in [-0.39, 0.29) is 12.1 Å². The fourth-order valence-electron chi connectivity index (χ4n) is 2.38. The second kappa shape index (κ2) is 8.90. The summed E-state index contributed by atoms with van der Waals surface area (Å²) in [6.45, 7) is 11.2. The molecule has 0 amide bonds. The molecular formula is C14H32N2O. The van der Waals surface area contributed by atoms with Crippen molar-refractivity contribution in [2.24, 2.45) is 0 Å². The van der Waals surface area contributed by atoms with Gasteiger partial charge in [-0.1, -0.05) is 27.7 Å². The molecule has 0 aromatic heterocycles. The van der Waals surface area contributed by atoms with E-state index in [2.05, 4.69) is 45.0 Å². The molecule has 2 N–H and O–H groups in total. The van der Waals surface area contributed by atoms with Crippen molar-refractivity contribution in [3.05, 3.63) is 0 Å². The van der Waals surface area contributed by atoms with Gasteiger partial charge in [-0.3, -0.25) is 0 Å². The quantitative estimate of drug-likeness (QED) is 0.619. The molecule has 17 heavy (non-hydrogen) atoms. The van der Waals surface area contributed by atoms with Crippen LogP contribution in [0.3, 0.4) is 0 Å². The molecule has 0 saturated carbocycles. The van der Waals surface area contributed by atoms with Crippen LogP contribution in [0.4, 0.5) is 0 Å². The van der Waals surface area contributed by atoms with Gasteiger partial charge in [-0.15, -0.1) is 0 Å². The summed E-state index contributed by atoms with van der Waals surface area (Å²) in [6.07, 6.45) is 4.38. The van der Waals surface area contributed by atoms with Crippen molar-refractivity contribution in [1.82, 2.24) is 10.2 Å². The van der Waals surface area contributed by atoms with Crippen LogP contribution in [-0.4, -0.2) is 48.3 Å². The molecular weight excluding hydrogens is 212 g/mol. The summed E-state index contributed by atoms with van der Waals surface area (Å²) in [6, 6.07) is 0.426. The average molecular weight is 244 g/mol. The Morgan fingerprint density at radius 1 is 1.24 bits per heavy atom. The predicted octanol–water partition coefficient (Wildman–Crippen LogP) is 2.25. The Kier molecular flexibility index (Phi) is 8.83. The Bertz CT molecular complexity index is 179. The molecule has 0 aliphatic carbocycles. The molecule has 3 heteroatoms. The molecule has 104 valence electrons. The van der Waals surface area contributed by atoms with Crippen LogP contribution in [0.25, 0.3) is 0 Å². The highest BCUT2D eigenvalue weighted by Crippen LogP contribution is 2.18. The molecule has 0 spiro atoms. The number of aliphatic hydroxyl groups is 1. The molecule has 0 aliphatic heterocycles. The van der Waals surface area contributed by atoms with E-state index in [0.29, 0.717) is 6.04 Å². The molecule has 0 aliphatic rings. The van der Waals surface area contributed by atoms with Crippen molar-refractivity contribution in [3.8, 4) is 0 Å². The molecule has 1 unspecified atom stereocenters. The van der Waals surface area contributed by atoms with Crippen LogP contribution in [-0.2, 0) is 0 Å². The molecule has 0 aromatic carbocycles. The lowest BCUT2D eigenvalue weighted by Gasteiger charge is -2.35. The zero-order chi connectivity index (χ0) is 13.3. The minimum absolute atomic E-state index is 0.0821. The van der Waals surface area contributed by atoms with Gasteiger partial charge in [0.15, 0.2) is 0 Å². The third kappa shape index (κ3) is 7.02. The Hall–Kier alpha value is -0.120. The Labute approximate surface area is 108 Å². The summed E-state index contributed by atoms with van der Waals surface area (Å²) < 4.78 is 0. The van der Waals surface area contributed by atoms with Crippen molar-refractivity contribution in [2.75, 3.05) is 26.7 Å². The summed E-state index contributed by atoms with van der Waals surface area (Å²) in [5.74, 6) is 0. The number of hydrogen-bond donors (Lipinski definition) is 2. The van der Waals surface area contributed by atoms with Gasteiger partial charge in [0.1, 0.15) is 0 Å². The van der Waals surface area contributed by atoms with Crippen molar-refractivity contribution in [1.29, 1.82) is 0 Å². The van der Waals surface area contributed by atoms with E-state index >= 15 is 0 Å². The second-order valence-corrected chi connectivity index (χ2v) is 5.50. The van der Waals surface area contributed by atoms with Gasteiger partial charge in [0.25, 0.3) is 0 Å². The molecule has 1 atom stereocenters. The highest BCUT2D eigenvalue weighted by Gasteiger charge is 2.27. The maximum absolute atomic E-state index is 9.62. The van der Waals surface area contributed by atoms with Gasteiger partial charge in [0, 0.05) is 11.6 Å². The van der Waals surface area contributed by atoms with E-state index in [9.17, 15) is 5.11 Å². The van der Waals surface area contributed by atoms with Crippen LogP contribution in [0.5, 0.6) is 0 Å². The minimum atomic E-state index is -0.0821. The lowest BCUT2D eigenvalue weighted by Crippen LogP contribution is -2.51. The maximum atomic E-state index is 9.62. The highest BCUT2D eigenvalue weighted by atomic mass is 16.3. The van der Waals surface area contributed by atoms with Crippen molar-refractivity contribution < 1.29 is 5.11 Å². The number of hydrogen-bond acceptors (Lipinski definition) is 3. The van der Waals surface area contributed by atoms with Crippen LogP contribution in [0, 0.1) is 0 Å². The Morgan fingerprint density at radius 2 is 1.88 bits per heavy atom. The van der Waals surface area contributed by atoms with Gasteiger partial charge in [0.05, 0.1) is 6.61 Å². The van der Waals surface area contributed by atoms with Gasteiger partial charge >= 0.3 is 0 Å². The maximum Gasteiger partial charge on any atom is 0.0613 e. The smallest absolute Gasteiger partial charge is 0.0613 e. The van der Waals surface area contributed by atoms with Crippen molar-refractivity contribution in [3.63, 3.8) is 0 Å². The molecule has 0 radical (unpaired) electrons. The Morgan fingerprint density at radius 3 is 2.29 bits per heavy atom. The van der Waals surface area contributed by atoms with Gasteiger partial charge in [-0.05, 0) is 45.8 Å². The van der Waals surface area contributed by atoms with E-state index in [1.54, 1.807) is 0 Å². The molecule has 0 heterocycles. The van der Waals surface area contributed by atoms with Crippen LogP contribution in [0.2, 0.25) is 0 Å². The first kappa shape index (κ1) is 16.9. The van der Waals surface area contributed by atoms with Crippen LogP contribution >= 0.6 is 0 Å². The number of rotatable bonds is 10. The first-order chi connectivity index (χ1) is 7.99. The van der Waals surface area contributed by atoms with Crippen molar-refractivity contribution >= 4 is 0 Å². The standard InChI is InChI=1S/C14H32N2O/c1-6-10-16(5)11-8-9-14(7-2,12-17)15-13(3)4/h13,15,17H,6-12H2,1-5H3. The average Bonchev–Trinajstić information content (AvgIpc) is 2.27. The fraction of sp³-hybridized carbons (Fsp3) is 1.00. The predicted molar refractivity (Wildman–Crippen MR) is 75.4 cm³/mol. The first-order valence-electron chi connectivity index (χ1n) is 7.06. The summed E-state index contributed by atoms with van der Waals surface area (Å²) in [7, 11) is 2.17. The van der Waals surface area contributed by atoms with Gasteiger partial charge in [0.2, 0.25) is 0 Å². The lowest BCUT2D eigenvalue weighted by atomic mass is 9.90. The van der Waals surface area contributed by atoms with Crippen LogP contribution < -0.4 is 5.32 Å². The second-order valence-electron chi connectivity index (χ2n) is 5.50. The minimum Gasteiger partial charge on any atom is -0.394 e. The fourth-order valence-corrected chi connectivity index (χ4v) is 2.38. The van der Waals surface area contributed by atoms with Gasteiger partial charge in [-0.25, -0.2) is 0 Å². The summed E-state index contributed by atoms with van der Waals surface area (Å²) in [4.78, 5) is 2.37. The molecule has 0 rings (SSSR count). The zero-order valence-electron chi connectivity index (χ0n) is 12.4. The molecule has 0 bridgehead atoms. The number of nitrogens with one attached hydrogen (secondary N) is 1. The van der Waals surface area contributed by atoms with Crippen molar-refractivity contribution in [2.45, 2.75) is 65.0 Å². The van der Waals surface area contributed by atoms with E-state index < -0.39 is 0 Å². The zero-order valence-corrected chi connectivity index (χ0v) is 12.4. The molecule has 0 fully saturated rings. The van der Waals surface area contributed by atoms with E-state index in [0.717, 1.165) is 32.4 Å². The highest BCUT2D eigenvalue weighted by molar-refractivity contribution is 4.87. The van der Waals surface area contributed by atoms with Crippen LogP contribution in [0.15, 0.2) is 0 Å². The molecule has 0 saturated heterocycles. The first-order valence-corrected chi connectivity index (χ1v) is 7.06. The normalized spacial score (nSPS) is 15.5. The lowest BCUT2D eigenvalue weighted by molar-refractivity contribution is 0.131. The topological polar surface area (TPSA) is 35.5 Å². The summed E-state index contributed by atoms with van der Waals surface area (Å²) >= 11 is 0. The molecule has 0 aromatic rings. The number of aliphatic hydroxyl groups excluding tert-OH is 1. The Balaban J connectivity index is 4.08. The van der Waals surface area contributed by atoms with Gasteiger partial charge in [-0.2, -0.15) is 0 Å². The van der Waals surface area contributed by atoms with E-state index in [1.807, 2.05) is 0 Å².